The average molecular weight is 304 g/mol. The zero-order chi connectivity index (χ0) is 14.8. The molecular weight excluding hydrogens is 293 g/mol. The van der Waals surface area contributed by atoms with Crippen LogP contribution in [0.2, 0.25) is 5.02 Å². The summed E-state index contributed by atoms with van der Waals surface area (Å²) in [6, 6.07) is 11.5. The van der Waals surface area contributed by atoms with Crippen LogP contribution in [-0.2, 0) is 6.54 Å². The molecule has 0 bridgehead atoms. The van der Waals surface area contributed by atoms with Gasteiger partial charge in [0, 0.05) is 17.7 Å². The van der Waals surface area contributed by atoms with E-state index in [1.165, 1.54) is 18.2 Å². The molecule has 4 nitrogen and oxygen atoms in total. The van der Waals surface area contributed by atoms with Gasteiger partial charge < -0.3 is 10.3 Å². The van der Waals surface area contributed by atoms with Crippen LogP contribution in [0.25, 0.3) is 22.8 Å². The fourth-order valence-corrected chi connectivity index (χ4v) is 2.20. The molecular formula is C15H11ClFN3O. The molecule has 1 heterocycles. The average Bonchev–Trinajstić information content (AvgIpc) is 2.97. The molecule has 6 heteroatoms. The van der Waals surface area contributed by atoms with Gasteiger partial charge in [-0.15, -0.1) is 0 Å². The first-order valence-electron chi connectivity index (χ1n) is 6.26. The molecule has 2 aromatic carbocycles. The minimum atomic E-state index is -0.414. The predicted octanol–water partition coefficient (Wildman–Crippen LogP) is 3.65. The fraction of sp³-hybridized carbons (Fsp3) is 0.0667. The van der Waals surface area contributed by atoms with E-state index in [2.05, 4.69) is 10.1 Å². The van der Waals surface area contributed by atoms with E-state index >= 15 is 0 Å². The number of benzene rings is 2. The van der Waals surface area contributed by atoms with Gasteiger partial charge in [-0.2, -0.15) is 4.98 Å². The molecule has 0 atom stereocenters. The number of aromatic nitrogens is 2. The van der Waals surface area contributed by atoms with Crippen LogP contribution in [0.5, 0.6) is 0 Å². The van der Waals surface area contributed by atoms with Crippen molar-refractivity contribution in [2.75, 3.05) is 0 Å². The maximum absolute atomic E-state index is 13.1. The lowest BCUT2D eigenvalue weighted by Gasteiger charge is -1.99. The van der Waals surface area contributed by atoms with Crippen LogP contribution in [-0.4, -0.2) is 10.1 Å². The second-order valence-electron chi connectivity index (χ2n) is 4.45. The third-order valence-corrected chi connectivity index (χ3v) is 3.32. The Morgan fingerprint density at radius 3 is 2.81 bits per heavy atom. The first-order valence-corrected chi connectivity index (χ1v) is 6.63. The van der Waals surface area contributed by atoms with E-state index in [4.69, 9.17) is 21.9 Å². The fourth-order valence-electron chi connectivity index (χ4n) is 1.95. The van der Waals surface area contributed by atoms with Crippen molar-refractivity contribution >= 4 is 11.6 Å². The summed E-state index contributed by atoms with van der Waals surface area (Å²) in [6.07, 6.45) is 0. The lowest BCUT2D eigenvalue weighted by Crippen LogP contribution is -1.95. The zero-order valence-corrected chi connectivity index (χ0v) is 11.6. The highest BCUT2D eigenvalue weighted by atomic mass is 35.5. The molecule has 0 aliphatic heterocycles. The highest BCUT2D eigenvalue weighted by Crippen LogP contribution is 2.28. The Kier molecular flexibility index (Phi) is 3.68. The Labute approximate surface area is 125 Å². The van der Waals surface area contributed by atoms with Crippen LogP contribution in [0.15, 0.2) is 47.0 Å². The molecule has 1 aromatic heterocycles. The highest BCUT2D eigenvalue weighted by Gasteiger charge is 2.13. The van der Waals surface area contributed by atoms with Gasteiger partial charge in [0.05, 0.1) is 5.02 Å². The zero-order valence-electron chi connectivity index (χ0n) is 10.9. The highest BCUT2D eigenvalue weighted by molar-refractivity contribution is 6.33. The Hall–Kier alpha value is -2.24. The Morgan fingerprint density at radius 2 is 2.05 bits per heavy atom. The summed E-state index contributed by atoms with van der Waals surface area (Å²) < 4.78 is 18.3. The third-order valence-electron chi connectivity index (χ3n) is 3.01. The van der Waals surface area contributed by atoms with Crippen LogP contribution in [0.1, 0.15) is 5.56 Å². The van der Waals surface area contributed by atoms with Gasteiger partial charge in [0.2, 0.25) is 5.82 Å². The molecule has 0 saturated heterocycles. The second kappa shape index (κ2) is 5.63. The first kappa shape index (κ1) is 13.7. The Bertz CT molecular complexity index is 788. The molecule has 0 unspecified atom stereocenters. The topological polar surface area (TPSA) is 64.9 Å². The van der Waals surface area contributed by atoms with E-state index in [0.717, 1.165) is 11.1 Å². The summed E-state index contributed by atoms with van der Waals surface area (Å²) in [5.74, 6) is 0.261. The van der Waals surface area contributed by atoms with Crippen molar-refractivity contribution in [2.45, 2.75) is 6.54 Å². The van der Waals surface area contributed by atoms with Gasteiger partial charge in [-0.1, -0.05) is 28.9 Å². The predicted molar refractivity (Wildman–Crippen MR) is 78.0 cm³/mol. The summed E-state index contributed by atoms with van der Waals surface area (Å²) in [5.41, 5.74) is 7.86. The molecule has 3 aromatic rings. The number of nitrogens with two attached hydrogens (primary N) is 1. The molecule has 0 radical (unpaired) electrons. The Balaban J connectivity index is 1.99. The minimum absolute atomic E-state index is 0.234. The van der Waals surface area contributed by atoms with Crippen molar-refractivity contribution in [2.24, 2.45) is 5.73 Å². The van der Waals surface area contributed by atoms with Crippen molar-refractivity contribution in [1.82, 2.24) is 10.1 Å². The van der Waals surface area contributed by atoms with Crippen molar-refractivity contribution in [1.29, 1.82) is 0 Å². The summed E-state index contributed by atoms with van der Waals surface area (Å²) in [4.78, 5) is 4.29. The second-order valence-corrected chi connectivity index (χ2v) is 4.86. The maximum atomic E-state index is 13.1. The first-order chi connectivity index (χ1) is 10.2. The van der Waals surface area contributed by atoms with Crippen molar-refractivity contribution in [3.8, 4) is 22.8 Å². The number of halogens is 2. The monoisotopic (exact) mass is 303 g/mol. The van der Waals surface area contributed by atoms with E-state index < -0.39 is 5.82 Å². The SMILES string of the molecule is NCc1cccc(-c2nc(-c3ccc(F)cc3Cl)no2)c1. The molecule has 0 aliphatic carbocycles. The molecule has 106 valence electrons. The summed E-state index contributed by atoms with van der Waals surface area (Å²) in [7, 11) is 0. The molecule has 0 spiro atoms. The lowest BCUT2D eigenvalue weighted by atomic mass is 10.1. The number of hydrogen-bond acceptors (Lipinski definition) is 4. The van der Waals surface area contributed by atoms with Crippen LogP contribution in [0.3, 0.4) is 0 Å². The van der Waals surface area contributed by atoms with Crippen molar-refractivity contribution in [3.05, 3.63) is 58.9 Å². The van der Waals surface area contributed by atoms with Gasteiger partial charge in [0.15, 0.2) is 0 Å². The van der Waals surface area contributed by atoms with E-state index in [1.807, 2.05) is 24.3 Å². The van der Waals surface area contributed by atoms with Gasteiger partial charge in [0.1, 0.15) is 5.82 Å². The van der Waals surface area contributed by atoms with Gasteiger partial charge in [0.25, 0.3) is 5.89 Å². The summed E-state index contributed by atoms with van der Waals surface area (Å²) in [6.45, 7) is 0.429. The van der Waals surface area contributed by atoms with Crippen LogP contribution >= 0.6 is 11.6 Å². The van der Waals surface area contributed by atoms with E-state index in [1.54, 1.807) is 0 Å². The molecule has 0 aliphatic rings. The van der Waals surface area contributed by atoms with Gasteiger partial charge in [-0.05, 0) is 35.9 Å². The van der Waals surface area contributed by atoms with E-state index in [9.17, 15) is 4.39 Å². The quantitative estimate of drug-likeness (QED) is 0.802. The largest absolute Gasteiger partial charge is 0.334 e. The van der Waals surface area contributed by atoms with E-state index in [0.29, 0.717) is 23.8 Å². The van der Waals surface area contributed by atoms with Crippen molar-refractivity contribution < 1.29 is 8.91 Å². The molecule has 0 fully saturated rings. The van der Waals surface area contributed by atoms with Gasteiger partial charge in [-0.3, -0.25) is 0 Å². The third kappa shape index (κ3) is 2.79. The van der Waals surface area contributed by atoms with Crippen LogP contribution < -0.4 is 5.73 Å². The standard InChI is InChI=1S/C15H11ClFN3O/c16-13-7-11(17)4-5-12(13)14-19-15(21-20-14)10-3-1-2-9(6-10)8-18/h1-7H,8,18H2. The van der Waals surface area contributed by atoms with E-state index in [-0.39, 0.29) is 5.02 Å². The lowest BCUT2D eigenvalue weighted by molar-refractivity contribution is 0.432. The molecule has 2 N–H and O–H groups in total. The maximum Gasteiger partial charge on any atom is 0.258 e. The van der Waals surface area contributed by atoms with Gasteiger partial charge >= 0.3 is 0 Å². The number of rotatable bonds is 3. The van der Waals surface area contributed by atoms with Crippen LogP contribution in [0, 0.1) is 5.82 Å². The summed E-state index contributed by atoms with van der Waals surface area (Å²) in [5, 5.41) is 4.12. The van der Waals surface area contributed by atoms with Crippen molar-refractivity contribution in [3.63, 3.8) is 0 Å². The van der Waals surface area contributed by atoms with Gasteiger partial charge in [-0.25, -0.2) is 4.39 Å². The molecule has 3 rings (SSSR count). The number of nitrogens with zero attached hydrogens (tertiary/aromatic N) is 2. The molecule has 0 saturated carbocycles. The smallest absolute Gasteiger partial charge is 0.258 e. The molecule has 21 heavy (non-hydrogen) atoms. The minimum Gasteiger partial charge on any atom is -0.334 e. The Morgan fingerprint density at radius 1 is 1.19 bits per heavy atom. The van der Waals surface area contributed by atoms with Crippen LogP contribution in [0.4, 0.5) is 4.39 Å². The number of hydrogen-bond donors (Lipinski definition) is 1. The summed E-state index contributed by atoms with van der Waals surface area (Å²) >= 11 is 5.99. The molecule has 0 amide bonds. The normalized spacial score (nSPS) is 10.8.